The number of nitrogens with one attached hydrogen (secondary N) is 6. The van der Waals surface area contributed by atoms with Crippen molar-refractivity contribution in [2.45, 2.75) is 18.8 Å². The fraction of sp³-hybridized carbons (Fsp3) is 0.243. The number of morpholine rings is 2. The van der Waals surface area contributed by atoms with Crippen molar-refractivity contribution in [3.63, 3.8) is 0 Å². The molecule has 2 heterocycles. The maximum absolute atomic E-state index is 14.3. The van der Waals surface area contributed by atoms with Crippen LogP contribution in [0, 0.1) is 34.3 Å². The molecule has 2 aliphatic rings. The molecule has 286 valence electrons. The number of anilines is 4. The number of alkyl halides is 2. The largest absolute Gasteiger partial charge is 0.433 e. The molecule has 0 aliphatic carbocycles. The van der Waals surface area contributed by atoms with Gasteiger partial charge >= 0.3 is 18.7 Å². The van der Waals surface area contributed by atoms with Crippen molar-refractivity contribution < 1.29 is 41.4 Å². The van der Waals surface area contributed by atoms with E-state index in [-0.39, 0.29) is 46.1 Å². The molecule has 4 aromatic rings. The number of hydrogen-bond acceptors (Lipinski definition) is 9. The molecule has 0 aromatic heterocycles. The Hall–Kier alpha value is -5.76. The highest BCUT2D eigenvalue weighted by Crippen LogP contribution is 2.31. The van der Waals surface area contributed by atoms with Crippen LogP contribution in [0.1, 0.15) is 34.5 Å². The lowest BCUT2D eigenvalue weighted by Gasteiger charge is -2.24. The van der Waals surface area contributed by atoms with Crippen LogP contribution < -0.4 is 36.6 Å². The van der Waals surface area contributed by atoms with Crippen molar-refractivity contribution in [3.8, 4) is 17.9 Å². The molecule has 2 aliphatic heterocycles. The summed E-state index contributed by atoms with van der Waals surface area (Å²) in [6.45, 7) is 0.955. The van der Waals surface area contributed by atoms with Gasteiger partial charge in [-0.2, -0.15) is 19.3 Å². The number of nitriles is 2. The summed E-state index contributed by atoms with van der Waals surface area (Å²) in [5.74, 6) is -1.51. The Bertz CT molecular complexity index is 2090. The van der Waals surface area contributed by atoms with Gasteiger partial charge in [0.15, 0.2) is 0 Å². The number of ether oxygens (including phenoxy) is 3. The van der Waals surface area contributed by atoms with Gasteiger partial charge in [0, 0.05) is 36.3 Å². The Labute approximate surface area is 321 Å². The normalized spacial score (nSPS) is 16.4. The van der Waals surface area contributed by atoms with Crippen molar-refractivity contribution in [1.82, 2.24) is 10.6 Å². The van der Waals surface area contributed by atoms with E-state index in [0.717, 1.165) is 30.8 Å². The Balaban J connectivity index is 0.000000212. The zero-order chi connectivity index (χ0) is 39.3. The first kappa shape index (κ1) is 40.4. The summed E-state index contributed by atoms with van der Waals surface area (Å²) in [6, 6.07) is 19.2. The molecule has 18 heteroatoms. The number of carbonyl (C=O) groups is 2. The molecule has 0 unspecified atom stereocenters. The van der Waals surface area contributed by atoms with Crippen LogP contribution in [0.4, 0.5) is 49.9 Å². The first-order chi connectivity index (χ1) is 26.5. The average molecular weight is 826 g/mol. The number of rotatable bonds is 8. The summed E-state index contributed by atoms with van der Waals surface area (Å²) in [5, 5.41) is 34.0. The van der Waals surface area contributed by atoms with Crippen molar-refractivity contribution in [2.24, 2.45) is 0 Å². The summed E-state index contributed by atoms with van der Waals surface area (Å²) in [6.07, 6.45) is -0.316. The highest BCUT2D eigenvalue weighted by atomic mass is 79.9. The lowest BCUT2D eigenvalue weighted by atomic mass is 10.1. The van der Waals surface area contributed by atoms with E-state index in [4.69, 9.17) is 20.0 Å². The number of hydrogen-bond donors (Lipinski definition) is 6. The molecule has 0 saturated carbocycles. The third-order valence-corrected chi connectivity index (χ3v) is 8.60. The highest BCUT2D eigenvalue weighted by Gasteiger charge is 2.20. The molecule has 2 atom stereocenters. The summed E-state index contributed by atoms with van der Waals surface area (Å²) >= 11 is 3.41. The molecule has 2 saturated heterocycles. The van der Waals surface area contributed by atoms with Crippen molar-refractivity contribution in [2.75, 3.05) is 60.7 Å². The van der Waals surface area contributed by atoms with Crippen LogP contribution in [0.15, 0.2) is 77.3 Å². The highest BCUT2D eigenvalue weighted by molar-refractivity contribution is 9.10. The van der Waals surface area contributed by atoms with Gasteiger partial charge in [0.25, 0.3) is 0 Å². The van der Waals surface area contributed by atoms with E-state index in [2.05, 4.69) is 52.6 Å². The Morgan fingerprint density at radius 1 is 0.745 bits per heavy atom. The summed E-state index contributed by atoms with van der Waals surface area (Å²) in [5.41, 5.74) is 2.38. The molecular formula is C37H33BrF4N8O5. The van der Waals surface area contributed by atoms with E-state index in [0.29, 0.717) is 42.0 Å². The van der Waals surface area contributed by atoms with Crippen LogP contribution in [0.3, 0.4) is 0 Å². The third-order valence-electron chi connectivity index (χ3n) is 7.94. The third kappa shape index (κ3) is 11.9. The summed E-state index contributed by atoms with van der Waals surface area (Å²) in [7, 11) is 0. The predicted molar refractivity (Wildman–Crippen MR) is 198 cm³/mol. The monoisotopic (exact) mass is 824 g/mol. The number of carbonyl (C=O) groups excluding carboxylic acids is 2. The van der Waals surface area contributed by atoms with E-state index in [9.17, 15) is 27.2 Å². The first-order valence-corrected chi connectivity index (χ1v) is 17.4. The molecule has 4 amide bonds. The van der Waals surface area contributed by atoms with Crippen molar-refractivity contribution >= 4 is 50.7 Å². The molecule has 2 fully saturated rings. The van der Waals surface area contributed by atoms with Crippen LogP contribution in [0.2, 0.25) is 0 Å². The van der Waals surface area contributed by atoms with Crippen LogP contribution in [-0.2, 0) is 9.47 Å². The van der Waals surface area contributed by atoms with Crippen LogP contribution >= 0.6 is 15.9 Å². The summed E-state index contributed by atoms with van der Waals surface area (Å²) in [4.78, 5) is 24.4. The molecule has 55 heavy (non-hydrogen) atoms. The summed E-state index contributed by atoms with van der Waals surface area (Å²) < 4.78 is 69.1. The van der Waals surface area contributed by atoms with Crippen molar-refractivity contribution in [1.29, 1.82) is 10.5 Å². The second-order valence-electron chi connectivity index (χ2n) is 11.8. The van der Waals surface area contributed by atoms with E-state index >= 15 is 0 Å². The van der Waals surface area contributed by atoms with Crippen molar-refractivity contribution in [3.05, 3.63) is 111 Å². The van der Waals surface area contributed by atoms with Gasteiger partial charge in [-0.1, -0.05) is 12.1 Å². The topological polar surface area (TPSA) is 182 Å². The number of halogens is 5. The van der Waals surface area contributed by atoms with E-state index in [1.54, 1.807) is 18.2 Å². The lowest BCUT2D eigenvalue weighted by molar-refractivity contribution is -0.0493. The maximum atomic E-state index is 14.3. The van der Waals surface area contributed by atoms with Gasteiger partial charge in [0.1, 0.15) is 17.4 Å². The smallest absolute Gasteiger partial charge is 0.387 e. The predicted octanol–water partition coefficient (Wildman–Crippen LogP) is 7.37. The van der Waals surface area contributed by atoms with Crippen LogP contribution in [0.25, 0.3) is 0 Å². The Morgan fingerprint density at radius 3 is 1.93 bits per heavy atom. The van der Waals surface area contributed by atoms with Crippen LogP contribution in [0.5, 0.6) is 5.75 Å². The van der Waals surface area contributed by atoms with Gasteiger partial charge in [-0.15, -0.1) is 0 Å². The number of urea groups is 2. The Morgan fingerprint density at radius 2 is 1.35 bits per heavy atom. The fourth-order valence-corrected chi connectivity index (χ4v) is 5.90. The van der Waals surface area contributed by atoms with Crippen LogP contribution in [-0.4, -0.2) is 58.1 Å². The first-order valence-electron chi connectivity index (χ1n) is 16.6. The van der Waals surface area contributed by atoms with Gasteiger partial charge in [-0.05, 0) is 87.7 Å². The second kappa shape index (κ2) is 19.5. The molecular weight excluding hydrogens is 792 g/mol. The van der Waals surface area contributed by atoms with E-state index in [1.807, 2.05) is 18.2 Å². The maximum Gasteiger partial charge on any atom is 0.387 e. The number of amides is 4. The SMILES string of the molecule is N#Cc1cc(F)cc(NC(=O)Nc2ccc([C@@H]3CNCCO3)cc2F)c1.N#Cc1ccc(OC(F)F)c(NC(=O)Nc2ccc([C@@H]3CNCCO3)cc2Br)c1. The zero-order valence-electron chi connectivity index (χ0n) is 28.7. The Kier molecular flexibility index (Phi) is 14.4. The minimum Gasteiger partial charge on any atom is -0.433 e. The fourth-order valence-electron chi connectivity index (χ4n) is 5.41. The van der Waals surface area contributed by atoms with Gasteiger partial charge < -0.3 is 46.1 Å². The zero-order valence-corrected chi connectivity index (χ0v) is 30.3. The van der Waals surface area contributed by atoms with Gasteiger partial charge in [-0.3, -0.25) is 0 Å². The second-order valence-corrected chi connectivity index (χ2v) is 12.7. The van der Waals surface area contributed by atoms with E-state index in [1.165, 1.54) is 36.4 Å². The molecule has 6 rings (SSSR count). The number of nitrogens with zero attached hydrogens (tertiary/aromatic N) is 2. The molecule has 0 bridgehead atoms. The van der Waals surface area contributed by atoms with E-state index < -0.39 is 30.3 Å². The molecule has 4 aromatic carbocycles. The molecule has 0 spiro atoms. The van der Waals surface area contributed by atoms with Gasteiger partial charge in [0.2, 0.25) is 0 Å². The lowest BCUT2D eigenvalue weighted by Crippen LogP contribution is -2.33. The van der Waals surface area contributed by atoms with Gasteiger partial charge in [-0.25, -0.2) is 18.4 Å². The molecule has 13 nitrogen and oxygen atoms in total. The average Bonchev–Trinajstić information content (AvgIpc) is 3.17. The molecule has 0 radical (unpaired) electrons. The van der Waals surface area contributed by atoms with Gasteiger partial charge in [0.05, 0.1) is 65.7 Å². The quantitative estimate of drug-likeness (QED) is 0.0989. The number of benzene rings is 4. The minimum atomic E-state index is -3.07. The molecule has 6 N–H and O–H groups in total. The minimum absolute atomic E-state index is 0.0214. The standard InChI is InChI=1S/C19H17BrF2N4O3.C18H16F2N4O2/c20-13-8-12(17-10-24-5-6-28-17)2-3-14(13)25-19(27)26-15-7-11(9-23)1-4-16(15)29-18(21)22;19-13-5-11(9-21)6-14(8-13)23-18(25)24-16-2-1-12(7-15(16)20)17-10-22-3-4-26-17/h1-4,7-8,17-18,24H,5-6,10H2,(H2,25,26,27);1-2,5-8,17,22H,3-4,10H2,(H2,23,24,25)/t2*17-/m00/s1.